The fourth-order valence-corrected chi connectivity index (χ4v) is 2.52. The van der Waals surface area contributed by atoms with Crippen LogP contribution in [0.1, 0.15) is 18.5 Å². The molecule has 0 spiro atoms. The molecule has 0 saturated heterocycles. The molecule has 4 nitrogen and oxygen atoms in total. The summed E-state index contributed by atoms with van der Waals surface area (Å²) in [5, 5.41) is 9.69. The van der Waals surface area contributed by atoms with E-state index in [2.05, 4.69) is 15.9 Å². The monoisotopic (exact) mass is 316 g/mol. The smallest absolute Gasteiger partial charge is 0.0947 e. The van der Waals surface area contributed by atoms with Crippen LogP contribution < -0.4 is 10.6 Å². The van der Waals surface area contributed by atoms with Crippen molar-refractivity contribution in [2.45, 2.75) is 19.1 Å². The van der Waals surface area contributed by atoms with Crippen LogP contribution in [0.3, 0.4) is 0 Å². The minimum absolute atomic E-state index is 0.00203. The van der Waals surface area contributed by atoms with Crippen LogP contribution in [0.5, 0.6) is 0 Å². The van der Waals surface area contributed by atoms with Gasteiger partial charge >= 0.3 is 0 Å². The van der Waals surface area contributed by atoms with E-state index < -0.39 is 6.10 Å². The summed E-state index contributed by atoms with van der Waals surface area (Å²) >= 11 is 3.52. The normalized spacial score (nSPS) is 14.3. The molecule has 102 valence electrons. The van der Waals surface area contributed by atoms with Crippen molar-refractivity contribution in [2.75, 3.05) is 32.2 Å². The number of methoxy groups -OCH3 is 1. The number of rotatable bonds is 6. The van der Waals surface area contributed by atoms with E-state index in [0.29, 0.717) is 13.2 Å². The van der Waals surface area contributed by atoms with Crippen LogP contribution in [0.25, 0.3) is 0 Å². The molecule has 2 atom stereocenters. The number of ether oxygens (including phenoxy) is 1. The number of hydrogen-bond donors (Lipinski definition) is 2. The zero-order valence-electron chi connectivity index (χ0n) is 11.1. The molecule has 1 rings (SSSR count). The first-order valence-corrected chi connectivity index (χ1v) is 6.68. The summed E-state index contributed by atoms with van der Waals surface area (Å²) < 4.78 is 5.90. The number of halogens is 1. The van der Waals surface area contributed by atoms with Crippen molar-refractivity contribution in [3.8, 4) is 0 Å². The topological polar surface area (TPSA) is 58.7 Å². The maximum atomic E-state index is 9.69. The Kier molecular flexibility index (Phi) is 6.08. The lowest BCUT2D eigenvalue weighted by atomic mass is 10.1. The molecule has 0 aromatic heterocycles. The van der Waals surface area contributed by atoms with E-state index in [9.17, 15) is 5.11 Å². The molecule has 1 aromatic rings. The number of aliphatic hydroxyl groups is 1. The predicted molar refractivity (Wildman–Crippen MR) is 77.9 cm³/mol. The molecule has 2 unspecified atom stereocenters. The highest BCUT2D eigenvalue weighted by molar-refractivity contribution is 9.10. The second-order valence-electron chi connectivity index (χ2n) is 4.48. The zero-order valence-corrected chi connectivity index (χ0v) is 12.6. The summed E-state index contributed by atoms with van der Waals surface area (Å²) in [4.78, 5) is 1.99. The fraction of sp³-hybridized carbons (Fsp3) is 0.538. The molecule has 18 heavy (non-hydrogen) atoms. The van der Waals surface area contributed by atoms with E-state index >= 15 is 0 Å². The average Bonchev–Trinajstić information content (AvgIpc) is 2.28. The molecular formula is C13H21BrN2O2. The number of likely N-dealkylation sites (N-methyl/N-ethyl adjacent to an activating group) is 1. The van der Waals surface area contributed by atoms with Gasteiger partial charge < -0.3 is 20.5 Å². The molecule has 1 aromatic carbocycles. The van der Waals surface area contributed by atoms with Gasteiger partial charge in [-0.3, -0.25) is 0 Å². The number of hydrogen-bond acceptors (Lipinski definition) is 4. The van der Waals surface area contributed by atoms with Gasteiger partial charge in [-0.15, -0.1) is 0 Å². The quantitative estimate of drug-likeness (QED) is 0.841. The molecule has 0 aliphatic heterocycles. The Hall–Kier alpha value is -0.620. The minimum atomic E-state index is -0.494. The molecule has 5 heteroatoms. The van der Waals surface area contributed by atoms with Gasteiger partial charge in [0.25, 0.3) is 0 Å². The largest absolute Gasteiger partial charge is 0.389 e. The van der Waals surface area contributed by atoms with Gasteiger partial charge in [-0.1, -0.05) is 22.0 Å². The van der Waals surface area contributed by atoms with Gasteiger partial charge in [0.1, 0.15) is 0 Å². The van der Waals surface area contributed by atoms with Gasteiger partial charge in [0.2, 0.25) is 0 Å². The van der Waals surface area contributed by atoms with Crippen molar-refractivity contribution in [3.05, 3.63) is 28.2 Å². The Morgan fingerprint density at radius 1 is 1.50 bits per heavy atom. The molecule has 0 heterocycles. The third-order valence-electron chi connectivity index (χ3n) is 2.76. The number of nitrogens with zero attached hydrogens (tertiary/aromatic N) is 1. The van der Waals surface area contributed by atoms with Gasteiger partial charge in [-0.25, -0.2) is 0 Å². The average molecular weight is 317 g/mol. The molecule has 3 N–H and O–H groups in total. The third kappa shape index (κ3) is 4.24. The van der Waals surface area contributed by atoms with Crippen LogP contribution in [0.4, 0.5) is 5.69 Å². The Labute approximate surface area is 117 Å². The highest BCUT2D eigenvalue weighted by Gasteiger charge is 2.11. The minimum Gasteiger partial charge on any atom is -0.389 e. The standard InChI is InChI=1S/C13H21BrN2O2/c1-9(15)12-5-4-10(6-13(12)14)16(2)7-11(17)8-18-3/h4-6,9,11,17H,7-8,15H2,1-3H3. The summed E-state index contributed by atoms with van der Waals surface area (Å²) in [5.74, 6) is 0. The van der Waals surface area contributed by atoms with Crippen LogP contribution in [-0.2, 0) is 4.74 Å². The molecule has 0 bridgehead atoms. The summed E-state index contributed by atoms with van der Waals surface area (Å²) in [6, 6.07) is 6.02. The van der Waals surface area contributed by atoms with Gasteiger partial charge in [0.15, 0.2) is 0 Å². The van der Waals surface area contributed by atoms with E-state index in [1.807, 2.05) is 37.1 Å². The van der Waals surface area contributed by atoms with E-state index in [1.165, 1.54) is 0 Å². The number of nitrogens with two attached hydrogens (primary N) is 1. The van der Waals surface area contributed by atoms with Gasteiger partial charge in [0.05, 0.1) is 12.7 Å². The maximum Gasteiger partial charge on any atom is 0.0947 e. The van der Waals surface area contributed by atoms with Crippen LogP contribution >= 0.6 is 15.9 Å². The Morgan fingerprint density at radius 3 is 2.67 bits per heavy atom. The summed E-state index contributed by atoms with van der Waals surface area (Å²) in [6.07, 6.45) is -0.494. The van der Waals surface area contributed by atoms with Crippen LogP contribution in [0.15, 0.2) is 22.7 Å². The van der Waals surface area contributed by atoms with Crippen LogP contribution in [0, 0.1) is 0 Å². The second-order valence-corrected chi connectivity index (χ2v) is 5.34. The summed E-state index contributed by atoms with van der Waals surface area (Å²) in [6.45, 7) is 2.81. The van der Waals surface area contributed by atoms with Crippen LogP contribution in [0.2, 0.25) is 0 Å². The Balaban J connectivity index is 2.75. The third-order valence-corrected chi connectivity index (χ3v) is 3.45. The Bertz CT molecular complexity index is 385. The number of benzene rings is 1. The predicted octanol–water partition coefficient (Wildman–Crippen LogP) is 1.91. The number of anilines is 1. The summed E-state index contributed by atoms with van der Waals surface area (Å²) in [7, 11) is 3.52. The molecule has 0 radical (unpaired) electrons. The summed E-state index contributed by atoms with van der Waals surface area (Å²) in [5.41, 5.74) is 7.96. The van der Waals surface area contributed by atoms with E-state index in [1.54, 1.807) is 7.11 Å². The first-order valence-electron chi connectivity index (χ1n) is 5.89. The van der Waals surface area contributed by atoms with Crippen molar-refractivity contribution in [3.63, 3.8) is 0 Å². The van der Waals surface area contributed by atoms with Crippen molar-refractivity contribution in [1.82, 2.24) is 0 Å². The van der Waals surface area contributed by atoms with Gasteiger partial charge in [0, 0.05) is 36.9 Å². The van der Waals surface area contributed by atoms with Crippen molar-refractivity contribution in [1.29, 1.82) is 0 Å². The van der Waals surface area contributed by atoms with E-state index in [0.717, 1.165) is 15.7 Å². The molecule has 0 aliphatic rings. The lowest BCUT2D eigenvalue weighted by molar-refractivity contribution is 0.0695. The number of aliphatic hydroxyl groups excluding tert-OH is 1. The van der Waals surface area contributed by atoms with Gasteiger partial charge in [-0.05, 0) is 24.6 Å². The lowest BCUT2D eigenvalue weighted by Crippen LogP contribution is -2.31. The first-order chi connectivity index (χ1) is 8.45. The molecule has 0 amide bonds. The molecule has 0 saturated carbocycles. The molecule has 0 aliphatic carbocycles. The van der Waals surface area contributed by atoms with Crippen molar-refractivity contribution in [2.24, 2.45) is 5.73 Å². The van der Waals surface area contributed by atoms with E-state index in [4.69, 9.17) is 10.5 Å². The highest BCUT2D eigenvalue weighted by Crippen LogP contribution is 2.27. The SMILES string of the molecule is COCC(O)CN(C)c1ccc(C(C)N)c(Br)c1. The molecular weight excluding hydrogens is 296 g/mol. The lowest BCUT2D eigenvalue weighted by Gasteiger charge is -2.23. The van der Waals surface area contributed by atoms with E-state index in [-0.39, 0.29) is 6.04 Å². The Morgan fingerprint density at radius 2 is 2.17 bits per heavy atom. The fourth-order valence-electron chi connectivity index (χ4n) is 1.79. The van der Waals surface area contributed by atoms with Gasteiger partial charge in [-0.2, -0.15) is 0 Å². The maximum absolute atomic E-state index is 9.69. The zero-order chi connectivity index (χ0) is 13.7. The second kappa shape index (κ2) is 7.09. The van der Waals surface area contributed by atoms with Crippen molar-refractivity contribution >= 4 is 21.6 Å². The first kappa shape index (κ1) is 15.4. The molecule has 0 fully saturated rings. The highest BCUT2D eigenvalue weighted by atomic mass is 79.9. The van der Waals surface area contributed by atoms with Crippen LogP contribution in [-0.4, -0.2) is 38.5 Å². The van der Waals surface area contributed by atoms with Crippen molar-refractivity contribution < 1.29 is 9.84 Å².